The summed E-state index contributed by atoms with van der Waals surface area (Å²) in [5.41, 5.74) is 2.05. The van der Waals surface area contributed by atoms with Gasteiger partial charge in [-0.05, 0) is 29.8 Å². The second kappa shape index (κ2) is 9.11. The highest BCUT2D eigenvalue weighted by atomic mass is 79.9. The van der Waals surface area contributed by atoms with E-state index in [0.717, 1.165) is 10.0 Å². The number of carbonyl (C=O) groups is 2. The van der Waals surface area contributed by atoms with Crippen molar-refractivity contribution >= 4 is 44.1 Å². The molecule has 0 unspecified atom stereocenters. The van der Waals surface area contributed by atoms with Gasteiger partial charge in [0.2, 0.25) is 0 Å². The number of anilines is 1. The van der Waals surface area contributed by atoms with Crippen molar-refractivity contribution in [3.63, 3.8) is 0 Å². The Morgan fingerprint density at radius 1 is 0.931 bits per heavy atom. The van der Waals surface area contributed by atoms with Crippen LogP contribution < -0.4 is 14.8 Å². The summed E-state index contributed by atoms with van der Waals surface area (Å²) in [7, 11) is 4.25. The first-order valence-corrected chi connectivity index (χ1v) is 10.2. The molecule has 0 saturated carbocycles. The van der Waals surface area contributed by atoms with Crippen LogP contribution in [0.1, 0.15) is 20.7 Å². The average Bonchev–Trinajstić information content (AvgIpc) is 3.16. The summed E-state index contributed by atoms with van der Waals surface area (Å²) in [6, 6.07) is 12.6. The minimum Gasteiger partial charge on any atom is -0.496 e. The minimum atomic E-state index is -0.536. The molecular weight excluding hydrogens is 458 g/mol. The van der Waals surface area contributed by atoms with Gasteiger partial charge in [0.25, 0.3) is 5.91 Å². The van der Waals surface area contributed by atoms with Crippen LogP contribution in [0.3, 0.4) is 0 Å². The number of hydrogen-bond acceptors (Lipinski definition) is 6. The molecule has 0 aliphatic heterocycles. The van der Waals surface area contributed by atoms with Gasteiger partial charge in [0.1, 0.15) is 27.6 Å². The Morgan fingerprint density at radius 3 is 2.10 bits per heavy atom. The number of methoxy groups -OCH3 is 3. The predicted molar refractivity (Wildman–Crippen MR) is 116 cm³/mol. The maximum Gasteiger partial charge on any atom is 0.341 e. The van der Waals surface area contributed by atoms with Crippen LogP contribution in [0, 0.1) is 0 Å². The molecule has 0 aliphatic rings. The monoisotopic (exact) mass is 475 g/mol. The van der Waals surface area contributed by atoms with Crippen molar-refractivity contribution in [1.82, 2.24) is 0 Å². The van der Waals surface area contributed by atoms with E-state index in [2.05, 4.69) is 21.2 Å². The fourth-order valence-corrected chi connectivity index (χ4v) is 4.05. The lowest BCUT2D eigenvalue weighted by Crippen LogP contribution is -2.16. The van der Waals surface area contributed by atoms with E-state index in [0.29, 0.717) is 27.6 Å². The van der Waals surface area contributed by atoms with Gasteiger partial charge in [0.15, 0.2) is 0 Å². The second-order valence-electron chi connectivity index (χ2n) is 5.84. The molecule has 0 bridgehead atoms. The quantitative estimate of drug-likeness (QED) is 0.493. The van der Waals surface area contributed by atoms with Crippen molar-refractivity contribution in [1.29, 1.82) is 0 Å². The smallest absolute Gasteiger partial charge is 0.341 e. The van der Waals surface area contributed by atoms with Gasteiger partial charge in [0.05, 0.1) is 21.3 Å². The number of benzene rings is 2. The van der Waals surface area contributed by atoms with Crippen molar-refractivity contribution in [3.8, 4) is 22.6 Å². The summed E-state index contributed by atoms with van der Waals surface area (Å²) in [5.74, 6) is -0.252. The molecule has 0 atom stereocenters. The lowest BCUT2D eigenvalue weighted by Gasteiger charge is -2.13. The lowest BCUT2D eigenvalue weighted by molar-refractivity contribution is 0.0603. The first-order chi connectivity index (χ1) is 14.0. The van der Waals surface area contributed by atoms with Gasteiger partial charge in [-0.15, -0.1) is 11.3 Å². The molecule has 3 aromatic rings. The highest BCUT2D eigenvalue weighted by molar-refractivity contribution is 9.10. The Balaban J connectivity index is 2.03. The maximum atomic E-state index is 13.0. The third kappa shape index (κ3) is 4.28. The van der Waals surface area contributed by atoms with Crippen molar-refractivity contribution in [2.24, 2.45) is 0 Å². The van der Waals surface area contributed by atoms with Crippen LogP contribution in [0.4, 0.5) is 5.00 Å². The van der Waals surface area contributed by atoms with E-state index in [4.69, 9.17) is 14.2 Å². The standard InChI is InChI=1S/C21H18BrNO5S/c1-26-15-5-4-6-16(27-2)18(15)19(24)23-20-17(21(25)28-3)14(11-29-20)12-7-9-13(22)10-8-12/h4-11H,1-3H3,(H,23,24). The van der Waals surface area contributed by atoms with Crippen LogP contribution in [0.25, 0.3) is 11.1 Å². The average molecular weight is 476 g/mol. The molecule has 0 fully saturated rings. The Kier molecular flexibility index (Phi) is 6.56. The van der Waals surface area contributed by atoms with E-state index in [1.807, 2.05) is 29.6 Å². The summed E-state index contributed by atoms with van der Waals surface area (Å²) in [6.07, 6.45) is 0. The molecule has 150 valence electrons. The van der Waals surface area contributed by atoms with Gasteiger partial charge in [-0.3, -0.25) is 4.79 Å². The number of carbonyl (C=O) groups excluding carboxylic acids is 2. The number of amides is 1. The number of halogens is 1. The Morgan fingerprint density at radius 2 is 1.55 bits per heavy atom. The van der Waals surface area contributed by atoms with Gasteiger partial charge >= 0.3 is 5.97 Å². The van der Waals surface area contributed by atoms with Crippen LogP contribution in [0.15, 0.2) is 52.3 Å². The van der Waals surface area contributed by atoms with Gasteiger partial charge in [0, 0.05) is 15.4 Å². The number of nitrogens with one attached hydrogen (secondary N) is 1. The number of thiophene rings is 1. The van der Waals surface area contributed by atoms with E-state index < -0.39 is 11.9 Å². The van der Waals surface area contributed by atoms with E-state index in [-0.39, 0.29) is 5.56 Å². The number of rotatable bonds is 6. The third-order valence-corrected chi connectivity index (χ3v) is 5.64. The molecule has 8 heteroatoms. The summed E-state index contributed by atoms with van der Waals surface area (Å²) in [5, 5.41) is 4.99. The lowest BCUT2D eigenvalue weighted by atomic mass is 10.0. The molecule has 0 spiro atoms. The van der Waals surface area contributed by atoms with Crippen molar-refractivity contribution in [2.75, 3.05) is 26.6 Å². The Labute approximate surface area is 180 Å². The molecule has 3 rings (SSSR count). The van der Waals surface area contributed by atoms with Crippen LogP contribution >= 0.6 is 27.3 Å². The molecule has 1 amide bonds. The molecule has 29 heavy (non-hydrogen) atoms. The van der Waals surface area contributed by atoms with Gasteiger partial charge < -0.3 is 19.5 Å². The zero-order valence-corrected chi connectivity index (χ0v) is 18.3. The highest BCUT2D eigenvalue weighted by Gasteiger charge is 2.25. The van der Waals surface area contributed by atoms with E-state index in [1.54, 1.807) is 18.2 Å². The zero-order chi connectivity index (χ0) is 21.0. The summed E-state index contributed by atoms with van der Waals surface area (Å²) < 4.78 is 16.5. The van der Waals surface area contributed by atoms with Gasteiger partial charge in [-0.1, -0.05) is 34.1 Å². The van der Waals surface area contributed by atoms with Crippen molar-refractivity contribution < 1.29 is 23.8 Å². The molecule has 0 aliphatic carbocycles. The van der Waals surface area contributed by atoms with E-state index >= 15 is 0 Å². The first kappa shape index (κ1) is 20.9. The topological polar surface area (TPSA) is 73.9 Å². The molecule has 6 nitrogen and oxygen atoms in total. The van der Waals surface area contributed by atoms with Gasteiger partial charge in [-0.2, -0.15) is 0 Å². The van der Waals surface area contributed by atoms with Crippen molar-refractivity contribution in [2.45, 2.75) is 0 Å². The molecular formula is C21H18BrNO5S. The normalized spacial score (nSPS) is 10.3. The predicted octanol–water partition coefficient (Wildman–Crippen LogP) is 5.23. The molecule has 0 saturated heterocycles. The maximum absolute atomic E-state index is 13.0. The number of esters is 1. The van der Waals surface area contributed by atoms with E-state index in [9.17, 15) is 9.59 Å². The summed E-state index contributed by atoms with van der Waals surface area (Å²) in [4.78, 5) is 25.5. The SMILES string of the molecule is COC(=O)c1c(-c2ccc(Br)cc2)csc1NC(=O)c1c(OC)cccc1OC. The second-order valence-corrected chi connectivity index (χ2v) is 7.64. The third-order valence-electron chi connectivity index (χ3n) is 4.22. The van der Waals surface area contributed by atoms with E-state index in [1.165, 1.54) is 32.7 Å². The van der Waals surface area contributed by atoms with Crippen LogP contribution in [0.5, 0.6) is 11.5 Å². The summed E-state index contributed by atoms with van der Waals surface area (Å²) >= 11 is 4.64. The number of hydrogen-bond donors (Lipinski definition) is 1. The molecule has 1 heterocycles. The molecule has 2 aromatic carbocycles. The van der Waals surface area contributed by atoms with Crippen LogP contribution in [-0.4, -0.2) is 33.2 Å². The highest BCUT2D eigenvalue weighted by Crippen LogP contribution is 2.38. The summed E-state index contributed by atoms with van der Waals surface area (Å²) in [6.45, 7) is 0. The van der Waals surface area contributed by atoms with Crippen LogP contribution in [0.2, 0.25) is 0 Å². The van der Waals surface area contributed by atoms with Gasteiger partial charge in [-0.25, -0.2) is 4.79 Å². The van der Waals surface area contributed by atoms with Crippen LogP contribution in [-0.2, 0) is 4.74 Å². The minimum absolute atomic E-state index is 0.243. The molecule has 1 aromatic heterocycles. The zero-order valence-electron chi connectivity index (χ0n) is 15.9. The Bertz CT molecular complexity index is 1020. The molecule has 1 N–H and O–H groups in total. The fourth-order valence-electron chi connectivity index (χ4n) is 2.84. The Hall–Kier alpha value is -2.84. The first-order valence-electron chi connectivity index (χ1n) is 8.48. The largest absolute Gasteiger partial charge is 0.496 e. The molecule has 0 radical (unpaired) electrons. The number of ether oxygens (including phenoxy) is 3. The van der Waals surface area contributed by atoms with Crippen molar-refractivity contribution in [3.05, 3.63) is 63.4 Å². The fraction of sp³-hybridized carbons (Fsp3) is 0.143.